The first-order valence-corrected chi connectivity index (χ1v) is 11.1. The zero-order valence-electron chi connectivity index (χ0n) is 16.4. The smallest absolute Gasteiger partial charge is 0.282 e. The number of rotatable bonds is 7. The van der Waals surface area contributed by atoms with Crippen LogP contribution in [0.5, 0.6) is 11.5 Å². The van der Waals surface area contributed by atoms with E-state index in [2.05, 4.69) is 48.6 Å². The van der Waals surface area contributed by atoms with E-state index in [4.69, 9.17) is 9.47 Å². The molecule has 1 aromatic heterocycles. The van der Waals surface area contributed by atoms with Crippen molar-refractivity contribution in [1.29, 1.82) is 0 Å². The number of methoxy groups -OCH3 is 1. The maximum Gasteiger partial charge on any atom is 0.282 e. The Bertz CT molecular complexity index is 1130. The summed E-state index contributed by atoms with van der Waals surface area (Å²) in [4.78, 5) is 17.7. The van der Waals surface area contributed by atoms with Crippen molar-refractivity contribution in [2.45, 2.75) is 26.7 Å². The Kier molecular flexibility index (Phi) is 7.28. The van der Waals surface area contributed by atoms with Gasteiger partial charge in [-0.3, -0.25) is 4.79 Å². The number of halogens is 2. The van der Waals surface area contributed by atoms with E-state index in [0.29, 0.717) is 41.3 Å². The topological polar surface area (TPSA) is 65.7 Å². The minimum absolute atomic E-state index is 0.191. The molecule has 2 aromatic carbocycles. The number of fused-ring (bicyclic) bond motifs is 1. The molecule has 0 saturated carbocycles. The van der Waals surface area contributed by atoms with E-state index in [1.165, 1.54) is 4.68 Å². The third kappa shape index (κ3) is 4.80. The van der Waals surface area contributed by atoms with Crippen LogP contribution in [0.4, 0.5) is 0 Å². The van der Waals surface area contributed by atoms with E-state index in [-0.39, 0.29) is 5.56 Å². The molecule has 0 aliphatic heterocycles. The number of benzene rings is 2. The van der Waals surface area contributed by atoms with Gasteiger partial charge in [0.05, 0.1) is 34.4 Å². The normalized spacial score (nSPS) is 11.3. The summed E-state index contributed by atoms with van der Waals surface area (Å²) in [6.07, 6.45) is 3.16. The highest BCUT2D eigenvalue weighted by molar-refractivity contribution is 14.1. The van der Waals surface area contributed by atoms with Gasteiger partial charge in [0.25, 0.3) is 5.56 Å². The van der Waals surface area contributed by atoms with Gasteiger partial charge in [-0.1, -0.05) is 22.9 Å². The van der Waals surface area contributed by atoms with E-state index >= 15 is 0 Å². The number of aryl methyl sites for hydroxylation is 1. The van der Waals surface area contributed by atoms with E-state index in [9.17, 15) is 4.79 Å². The van der Waals surface area contributed by atoms with Crippen LogP contribution in [0, 0.1) is 3.57 Å². The second-order valence-corrected chi connectivity index (χ2v) is 8.35. The van der Waals surface area contributed by atoms with Crippen LogP contribution in [-0.2, 0) is 6.42 Å². The lowest BCUT2D eigenvalue weighted by atomic mass is 10.2. The molecule has 3 aromatic rings. The Morgan fingerprint density at radius 3 is 2.76 bits per heavy atom. The minimum Gasteiger partial charge on any atom is -0.493 e. The monoisotopic (exact) mass is 569 g/mol. The third-order valence-electron chi connectivity index (χ3n) is 4.21. The SMILES string of the molecule is CCCc1nc2ccc(Br)cc2c(=O)n1N=Cc1cc(I)c(OCC)c(OC)c1. The molecule has 3 rings (SSSR count). The van der Waals surface area contributed by atoms with Crippen molar-refractivity contribution in [2.24, 2.45) is 5.10 Å². The van der Waals surface area contributed by atoms with Crippen molar-refractivity contribution in [2.75, 3.05) is 13.7 Å². The quantitative estimate of drug-likeness (QED) is 0.296. The zero-order chi connectivity index (χ0) is 21.0. The molecule has 0 fully saturated rings. The van der Waals surface area contributed by atoms with Gasteiger partial charge in [-0.2, -0.15) is 9.78 Å². The van der Waals surface area contributed by atoms with Crippen LogP contribution < -0.4 is 15.0 Å². The molecule has 0 unspecified atom stereocenters. The van der Waals surface area contributed by atoms with Gasteiger partial charge in [-0.15, -0.1) is 0 Å². The minimum atomic E-state index is -0.191. The van der Waals surface area contributed by atoms with E-state index in [0.717, 1.165) is 20.0 Å². The molecule has 0 bridgehead atoms. The third-order valence-corrected chi connectivity index (χ3v) is 5.51. The first kappa shape index (κ1) is 21.8. The van der Waals surface area contributed by atoms with Crippen LogP contribution >= 0.6 is 38.5 Å². The molecule has 0 spiro atoms. The molecule has 1 heterocycles. The van der Waals surface area contributed by atoms with E-state index < -0.39 is 0 Å². The lowest BCUT2D eigenvalue weighted by Crippen LogP contribution is -2.22. The summed E-state index contributed by atoms with van der Waals surface area (Å²) in [5.41, 5.74) is 1.28. The summed E-state index contributed by atoms with van der Waals surface area (Å²) in [5.74, 6) is 1.96. The van der Waals surface area contributed by atoms with E-state index in [1.807, 2.05) is 38.1 Å². The van der Waals surface area contributed by atoms with Crippen molar-refractivity contribution in [3.8, 4) is 11.5 Å². The molecule has 8 heteroatoms. The first-order chi connectivity index (χ1) is 14.0. The molecule has 0 saturated heterocycles. The average Bonchev–Trinajstić information content (AvgIpc) is 2.70. The van der Waals surface area contributed by atoms with Gasteiger partial charge >= 0.3 is 0 Å². The lowest BCUT2D eigenvalue weighted by molar-refractivity contribution is 0.308. The van der Waals surface area contributed by atoms with Crippen molar-refractivity contribution in [3.63, 3.8) is 0 Å². The van der Waals surface area contributed by atoms with Crippen LogP contribution in [0.25, 0.3) is 10.9 Å². The predicted molar refractivity (Wildman–Crippen MR) is 128 cm³/mol. The van der Waals surface area contributed by atoms with Gasteiger partial charge in [0.1, 0.15) is 5.82 Å². The molecule has 0 amide bonds. The summed E-state index contributed by atoms with van der Waals surface area (Å²) in [7, 11) is 1.60. The number of nitrogens with zero attached hydrogens (tertiary/aromatic N) is 3. The van der Waals surface area contributed by atoms with Crippen molar-refractivity contribution in [3.05, 3.63) is 60.1 Å². The van der Waals surface area contributed by atoms with Gasteiger partial charge in [0, 0.05) is 10.9 Å². The Hall–Kier alpha value is -1.94. The first-order valence-electron chi connectivity index (χ1n) is 9.24. The average molecular weight is 570 g/mol. The van der Waals surface area contributed by atoms with Gasteiger partial charge in [0.15, 0.2) is 11.5 Å². The summed E-state index contributed by atoms with van der Waals surface area (Å²) < 4.78 is 14.2. The maximum absolute atomic E-state index is 13.1. The number of hydrogen-bond acceptors (Lipinski definition) is 5. The van der Waals surface area contributed by atoms with E-state index in [1.54, 1.807) is 19.4 Å². The summed E-state index contributed by atoms with van der Waals surface area (Å²) in [6, 6.07) is 9.27. The molecule has 0 atom stereocenters. The zero-order valence-corrected chi connectivity index (χ0v) is 20.2. The van der Waals surface area contributed by atoms with Gasteiger partial charge in [0.2, 0.25) is 0 Å². The summed E-state index contributed by atoms with van der Waals surface area (Å²) >= 11 is 5.62. The Morgan fingerprint density at radius 1 is 1.28 bits per heavy atom. The van der Waals surface area contributed by atoms with Crippen LogP contribution in [0.1, 0.15) is 31.7 Å². The molecule has 29 heavy (non-hydrogen) atoms. The highest BCUT2D eigenvalue weighted by Gasteiger charge is 2.12. The summed E-state index contributed by atoms with van der Waals surface area (Å²) in [5, 5.41) is 4.99. The maximum atomic E-state index is 13.1. The summed E-state index contributed by atoms with van der Waals surface area (Å²) in [6.45, 7) is 4.53. The fraction of sp³-hybridized carbons (Fsp3) is 0.286. The second-order valence-electron chi connectivity index (χ2n) is 6.27. The molecule has 0 aliphatic carbocycles. The van der Waals surface area contributed by atoms with Crippen LogP contribution in [0.3, 0.4) is 0 Å². The molecular formula is C21H21BrIN3O3. The van der Waals surface area contributed by atoms with Crippen LogP contribution in [0.2, 0.25) is 0 Å². The Morgan fingerprint density at radius 2 is 2.07 bits per heavy atom. The lowest BCUT2D eigenvalue weighted by Gasteiger charge is -2.12. The van der Waals surface area contributed by atoms with Gasteiger partial charge in [-0.25, -0.2) is 4.98 Å². The Balaban J connectivity index is 2.10. The molecule has 152 valence electrons. The number of ether oxygens (including phenoxy) is 2. The molecule has 6 nitrogen and oxygen atoms in total. The van der Waals surface area contributed by atoms with Crippen molar-refractivity contribution >= 4 is 55.6 Å². The highest BCUT2D eigenvalue weighted by atomic mass is 127. The van der Waals surface area contributed by atoms with Gasteiger partial charge < -0.3 is 9.47 Å². The fourth-order valence-electron chi connectivity index (χ4n) is 2.92. The largest absolute Gasteiger partial charge is 0.493 e. The molecule has 0 aliphatic rings. The highest BCUT2D eigenvalue weighted by Crippen LogP contribution is 2.33. The van der Waals surface area contributed by atoms with Crippen LogP contribution in [-0.4, -0.2) is 29.6 Å². The number of aromatic nitrogens is 2. The fourth-order valence-corrected chi connectivity index (χ4v) is 4.06. The molecular weight excluding hydrogens is 549 g/mol. The number of hydrogen-bond donors (Lipinski definition) is 0. The van der Waals surface area contributed by atoms with Crippen molar-refractivity contribution < 1.29 is 9.47 Å². The molecule has 0 N–H and O–H groups in total. The van der Waals surface area contributed by atoms with Crippen molar-refractivity contribution in [1.82, 2.24) is 9.66 Å². The second kappa shape index (κ2) is 9.71. The molecule has 0 radical (unpaired) electrons. The van der Waals surface area contributed by atoms with Crippen LogP contribution in [0.15, 0.2) is 44.7 Å². The Labute approximate surface area is 191 Å². The predicted octanol–water partition coefficient (Wildman–Crippen LogP) is 5.01. The standard InChI is InChI=1S/C21H21BrIN3O3/c1-4-6-19-25-17-8-7-14(22)11-15(17)21(27)26(19)24-12-13-9-16(23)20(29-5-2)18(10-13)28-3/h7-12H,4-6H2,1-3H3. The van der Waals surface area contributed by atoms with Gasteiger partial charge in [-0.05, 0) is 71.8 Å².